The molecule has 0 spiro atoms. The molecule has 1 amide bonds. The highest BCUT2D eigenvalue weighted by atomic mass is 16.6. The molecule has 0 aliphatic carbocycles. The number of hydrogen-bond acceptors (Lipinski definition) is 4. The quantitative estimate of drug-likeness (QED) is 0.800. The summed E-state index contributed by atoms with van der Waals surface area (Å²) in [5.41, 5.74) is -1.13. The monoisotopic (exact) mass is 273 g/mol. The van der Waals surface area contributed by atoms with Gasteiger partial charge in [-0.3, -0.25) is 0 Å². The number of carbonyl (C=O) groups excluding carboxylic acids is 2. The van der Waals surface area contributed by atoms with Gasteiger partial charge in [0.05, 0.1) is 0 Å². The Morgan fingerprint density at radius 3 is 2.00 bits per heavy atom. The maximum atomic E-state index is 12.1. The molecule has 0 unspecified atom stereocenters. The summed E-state index contributed by atoms with van der Waals surface area (Å²) in [5.74, 6) is -0.522. The summed E-state index contributed by atoms with van der Waals surface area (Å²) < 4.78 is 10.5. The lowest BCUT2D eigenvalue weighted by Crippen LogP contribution is -2.44. The average molecular weight is 273 g/mol. The number of amides is 1. The van der Waals surface area contributed by atoms with E-state index in [0.29, 0.717) is 6.54 Å². The van der Waals surface area contributed by atoms with E-state index in [9.17, 15) is 9.59 Å². The van der Waals surface area contributed by atoms with Crippen molar-refractivity contribution in [2.75, 3.05) is 6.54 Å². The first kappa shape index (κ1) is 17.7. The second kappa shape index (κ2) is 6.78. The number of esters is 1. The lowest BCUT2D eigenvalue weighted by molar-refractivity contribution is -0.171. The molecule has 0 aromatic carbocycles. The predicted octanol–water partition coefficient (Wildman–Crippen LogP) is 2.88. The third-order valence-electron chi connectivity index (χ3n) is 2.15. The first-order valence-electron chi connectivity index (χ1n) is 6.64. The minimum Gasteiger partial charge on any atom is -0.457 e. The summed E-state index contributed by atoms with van der Waals surface area (Å²) in [7, 11) is 0. The molecule has 0 aromatic rings. The highest BCUT2D eigenvalue weighted by Crippen LogP contribution is 2.25. The van der Waals surface area contributed by atoms with E-state index in [1.54, 1.807) is 20.8 Å². The molecular formula is C14H27NO4. The lowest BCUT2D eigenvalue weighted by atomic mass is 9.89. The minimum atomic E-state index is -0.927. The SMILES string of the molecule is CCCNC(=O)O[C@H](C(=O)OC(C)(C)C)C(C)(C)C. The second-order valence-corrected chi connectivity index (χ2v) is 6.61. The fourth-order valence-corrected chi connectivity index (χ4v) is 1.31. The van der Waals surface area contributed by atoms with Gasteiger partial charge < -0.3 is 14.8 Å². The van der Waals surface area contributed by atoms with Crippen molar-refractivity contribution in [2.45, 2.75) is 66.6 Å². The fourth-order valence-electron chi connectivity index (χ4n) is 1.31. The van der Waals surface area contributed by atoms with Crippen LogP contribution in [0.5, 0.6) is 0 Å². The largest absolute Gasteiger partial charge is 0.457 e. The summed E-state index contributed by atoms with van der Waals surface area (Å²) in [6, 6.07) is 0. The first-order valence-corrected chi connectivity index (χ1v) is 6.64. The third-order valence-corrected chi connectivity index (χ3v) is 2.15. The summed E-state index contributed by atoms with van der Waals surface area (Å²) in [5, 5.41) is 2.58. The van der Waals surface area contributed by atoms with Crippen molar-refractivity contribution in [2.24, 2.45) is 5.41 Å². The van der Waals surface area contributed by atoms with E-state index in [4.69, 9.17) is 9.47 Å². The van der Waals surface area contributed by atoms with Gasteiger partial charge in [-0.05, 0) is 27.2 Å². The van der Waals surface area contributed by atoms with Gasteiger partial charge in [0, 0.05) is 12.0 Å². The van der Waals surface area contributed by atoms with E-state index >= 15 is 0 Å². The van der Waals surface area contributed by atoms with Crippen LogP contribution in [0.2, 0.25) is 0 Å². The van der Waals surface area contributed by atoms with Crippen LogP contribution in [0.1, 0.15) is 54.9 Å². The normalized spacial score (nSPS) is 13.6. The van der Waals surface area contributed by atoms with Crippen LogP contribution in [0, 0.1) is 5.41 Å². The Bertz CT molecular complexity index is 312. The van der Waals surface area contributed by atoms with Gasteiger partial charge in [0.15, 0.2) is 0 Å². The van der Waals surface area contributed by atoms with E-state index < -0.39 is 29.2 Å². The van der Waals surface area contributed by atoms with Gasteiger partial charge in [-0.1, -0.05) is 27.7 Å². The van der Waals surface area contributed by atoms with Gasteiger partial charge in [-0.15, -0.1) is 0 Å². The van der Waals surface area contributed by atoms with E-state index in [1.165, 1.54) is 0 Å². The van der Waals surface area contributed by atoms with Gasteiger partial charge in [-0.25, -0.2) is 9.59 Å². The van der Waals surface area contributed by atoms with Crippen molar-refractivity contribution < 1.29 is 19.1 Å². The molecule has 19 heavy (non-hydrogen) atoms. The standard InChI is InChI=1S/C14H27NO4/c1-8-9-15-12(17)18-10(13(2,3)4)11(16)19-14(5,6)7/h10H,8-9H2,1-7H3,(H,15,17)/t10-/m1/s1. The van der Waals surface area contributed by atoms with E-state index in [2.05, 4.69) is 5.32 Å². The average Bonchev–Trinajstić information content (AvgIpc) is 2.18. The van der Waals surface area contributed by atoms with Crippen LogP contribution in [0.4, 0.5) is 4.79 Å². The third kappa shape index (κ3) is 7.70. The molecular weight excluding hydrogens is 246 g/mol. The van der Waals surface area contributed by atoms with E-state index in [-0.39, 0.29) is 0 Å². The van der Waals surface area contributed by atoms with Crippen molar-refractivity contribution in [1.82, 2.24) is 5.32 Å². The van der Waals surface area contributed by atoms with Crippen molar-refractivity contribution >= 4 is 12.1 Å². The number of ether oxygens (including phenoxy) is 2. The zero-order valence-electron chi connectivity index (χ0n) is 13.1. The molecule has 5 heteroatoms. The maximum absolute atomic E-state index is 12.1. The molecule has 5 nitrogen and oxygen atoms in total. The number of nitrogens with one attached hydrogen (secondary N) is 1. The first-order chi connectivity index (χ1) is 8.47. The zero-order chi connectivity index (χ0) is 15.3. The van der Waals surface area contributed by atoms with Crippen molar-refractivity contribution in [3.8, 4) is 0 Å². The second-order valence-electron chi connectivity index (χ2n) is 6.61. The molecule has 0 bridgehead atoms. The molecule has 1 N–H and O–H groups in total. The topological polar surface area (TPSA) is 64.6 Å². The van der Waals surface area contributed by atoms with Crippen LogP contribution in [0.3, 0.4) is 0 Å². The van der Waals surface area contributed by atoms with Crippen LogP contribution in [0.15, 0.2) is 0 Å². The van der Waals surface area contributed by atoms with Gasteiger partial charge in [-0.2, -0.15) is 0 Å². The van der Waals surface area contributed by atoms with Gasteiger partial charge in [0.2, 0.25) is 6.10 Å². The van der Waals surface area contributed by atoms with Gasteiger partial charge >= 0.3 is 12.1 Å². The molecule has 0 radical (unpaired) electrons. The molecule has 1 atom stereocenters. The molecule has 0 aliphatic heterocycles. The molecule has 112 valence electrons. The molecule has 0 saturated heterocycles. The van der Waals surface area contributed by atoms with Crippen molar-refractivity contribution in [1.29, 1.82) is 0 Å². The zero-order valence-corrected chi connectivity index (χ0v) is 13.1. The number of alkyl carbamates (subject to hydrolysis) is 1. The van der Waals surface area contributed by atoms with E-state index in [0.717, 1.165) is 6.42 Å². The Morgan fingerprint density at radius 2 is 1.63 bits per heavy atom. The summed E-state index contributed by atoms with van der Waals surface area (Å²) in [4.78, 5) is 23.7. The van der Waals surface area contributed by atoms with E-state index in [1.807, 2.05) is 27.7 Å². The molecule has 0 saturated carbocycles. The number of rotatable bonds is 4. The Labute approximate surface area is 116 Å². The summed E-state index contributed by atoms with van der Waals surface area (Å²) >= 11 is 0. The van der Waals surface area contributed by atoms with Crippen molar-refractivity contribution in [3.63, 3.8) is 0 Å². The van der Waals surface area contributed by atoms with Gasteiger partial charge in [0.1, 0.15) is 5.60 Å². The smallest absolute Gasteiger partial charge is 0.408 e. The Morgan fingerprint density at radius 1 is 1.11 bits per heavy atom. The maximum Gasteiger partial charge on any atom is 0.408 e. The van der Waals surface area contributed by atoms with Crippen LogP contribution in [0.25, 0.3) is 0 Å². The van der Waals surface area contributed by atoms with Crippen LogP contribution >= 0.6 is 0 Å². The van der Waals surface area contributed by atoms with Gasteiger partial charge in [0.25, 0.3) is 0 Å². The molecule has 0 fully saturated rings. The van der Waals surface area contributed by atoms with Crippen LogP contribution < -0.4 is 5.32 Å². The summed E-state index contributed by atoms with van der Waals surface area (Å²) in [6.45, 7) is 13.3. The van der Waals surface area contributed by atoms with Crippen LogP contribution in [-0.4, -0.2) is 30.3 Å². The molecule has 0 aromatic heterocycles. The van der Waals surface area contributed by atoms with Crippen molar-refractivity contribution in [3.05, 3.63) is 0 Å². The number of carbonyl (C=O) groups is 2. The Kier molecular flexibility index (Phi) is 6.33. The predicted molar refractivity (Wildman–Crippen MR) is 73.9 cm³/mol. The highest BCUT2D eigenvalue weighted by molar-refractivity contribution is 5.79. The lowest BCUT2D eigenvalue weighted by Gasteiger charge is -2.31. The Hall–Kier alpha value is -1.26. The molecule has 0 heterocycles. The highest BCUT2D eigenvalue weighted by Gasteiger charge is 2.38. The minimum absolute atomic E-state index is 0.518. The summed E-state index contributed by atoms with van der Waals surface area (Å²) in [6.07, 6.45) is -0.710. The van der Waals surface area contributed by atoms with Crippen LogP contribution in [-0.2, 0) is 14.3 Å². The molecule has 0 aliphatic rings. The molecule has 0 rings (SSSR count). The number of hydrogen-bond donors (Lipinski definition) is 1. The Balaban J connectivity index is 4.75. The fraction of sp³-hybridized carbons (Fsp3) is 0.857.